The summed E-state index contributed by atoms with van der Waals surface area (Å²) in [6, 6.07) is 15.8. The maximum atomic E-state index is 6.55. The molecule has 0 aliphatic carbocycles. The number of nitrogens with two attached hydrogens (primary N) is 1. The highest BCUT2D eigenvalue weighted by Gasteiger charge is 2.19. The summed E-state index contributed by atoms with van der Waals surface area (Å²) >= 11 is 1.53. The lowest BCUT2D eigenvalue weighted by Gasteiger charge is -2.14. The summed E-state index contributed by atoms with van der Waals surface area (Å²) in [6.07, 6.45) is 0. The zero-order valence-corrected chi connectivity index (χ0v) is 18.3. The molecule has 0 aliphatic rings. The van der Waals surface area contributed by atoms with Crippen LogP contribution in [0, 0.1) is 0 Å². The zero-order valence-electron chi connectivity index (χ0n) is 17.5. The molecule has 0 saturated heterocycles. The quantitative estimate of drug-likeness (QED) is 0.416. The fraction of sp³-hybridized carbons (Fsp3) is 0.227. The molecule has 4 aromatic rings. The van der Waals surface area contributed by atoms with Gasteiger partial charge in [-0.2, -0.15) is 9.50 Å². The van der Waals surface area contributed by atoms with E-state index >= 15 is 0 Å². The van der Waals surface area contributed by atoms with E-state index in [9.17, 15) is 0 Å². The van der Waals surface area contributed by atoms with Crippen LogP contribution in [0.3, 0.4) is 0 Å². The van der Waals surface area contributed by atoms with Gasteiger partial charge in [-0.15, -0.1) is 5.10 Å². The first-order valence-electron chi connectivity index (χ1n) is 9.57. The molecule has 160 valence electrons. The van der Waals surface area contributed by atoms with E-state index in [-0.39, 0.29) is 6.61 Å². The normalized spacial score (nSPS) is 11.1. The lowest BCUT2D eigenvalue weighted by molar-refractivity contribution is 0.182. The van der Waals surface area contributed by atoms with Gasteiger partial charge in [-0.3, -0.25) is 0 Å². The molecule has 0 amide bonds. The Morgan fingerprint density at radius 2 is 1.74 bits per heavy atom. The van der Waals surface area contributed by atoms with Gasteiger partial charge in [0.1, 0.15) is 5.82 Å². The monoisotopic (exact) mass is 437 g/mol. The minimum atomic E-state index is 0.281. The second-order valence-electron chi connectivity index (χ2n) is 6.70. The van der Waals surface area contributed by atoms with Crippen LogP contribution in [0.5, 0.6) is 11.5 Å². The minimum absolute atomic E-state index is 0.281. The highest BCUT2D eigenvalue weighted by molar-refractivity contribution is 7.98. The van der Waals surface area contributed by atoms with Crippen LogP contribution in [0.1, 0.15) is 11.3 Å². The predicted octanol–water partition coefficient (Wildman–Crippen LogP) is 3.83. The van der Waals surface area contributed by atoms with E-state index in [1.165, 1.54) is 17.3 Å². The Bertz CT molecular complexity index is 1200. The second kappa shape index (κ2) is 9.23. The van der Waals surface area contributed by atoms with Crippen LogP contribution in [0.4, 0.5) is 5.82 Å². The Morgan fingerprint density at radius 3 is 2.45 bits per heavy atom. The fourth-order valence-corrected chi connectivity index (χ4v) is 4.05. The molecule has 0 saturated carbocycles. The maximum Gasteiger partial charge on any atom is 0.255 e. The highest BCUT2D eigenvalue weighted by atomic mass is 32.2. The van der Waals surface area contributed by atoms with Gasteiger partial charge in [0.15, 0.2) is 11.5 Å². The number of hydrogen-bond donors (Lipinski definition) is 1. The van der Waals surface area contributed by atoms with E-state index in [1.807, 2.05) is 36.4 Å². The number of methoxy groups -OCH3 is 3. The average Bonchev–Trinajstić information content (AvgIpc) is 3.22. The van der Waals surface area contributed by atoms with Crippen LogP contribution in [-0.4, -0.2) is 40.9 Å². The van der Waals surface area contributed by atoms with Crippen LogP contribution in [0.15, 0.2) is 53.7 Å². The van der Waals surface area contributed by atoms with Crippen LogP contribution in [0.2, 0.25) is 0 Å². The molecular weight excluding hydrogens is 414 g/mol. The Labute approximate surface area is 184 Å². The van der Waals surface area contributed by atoms with E-state index in [4.69, 9.17) is 19.9 Å². The third-order valence-corrected chi connectivity index (χ3v) is 5.65. The van der Waals surface area contributed by atoms with Crippen molar-refractivity contribution in [3.05, 3.63) is 59.8 Å². The van der Waals surface area contributed by atoms with Gasteiger partial charge in [0.05, 0.1) is 26.5 Å². The molecule has 2 aromatic carbocycles. The van der Waals surface area contributed by atoms with Crippen molar-refractivity contribution in [1.82, 2.24) is 19.6 Å². The Morgan fingerprint density at radius 1 is 0.968 bits per heavy atom. The van der Waals surface area contributed by atoms with Gasteiger partial charge in [0, 0.05) is 18.4 Å². The van der Waals surface area contributed by atoms with E-state index < -0.39 is 0 Å². The Balaban J connectivity index is 1.76. The largest absolute Gasteiger partial charge is 0.493 e. The molecule has 8 nitrogen and oxygen atoms in total. The van der Waals surface area contributed by atoms with Crippen molar-refractivity contribution >= 4 is 23.4 Å². The summed E-state index contributed by atoms with van der Waals surface area (Å²) in [5.41, 5.74) is 9.96. The number of fused-ring (bicyclic) bond motifs is 1. The van der Waals surface area contributed by atoms with Crippen molar-refractivity contribution in [2.45, 2.75) is 17.5 Å². The molecule has 31 heavy (non-hydrogen) atoms. The molecule has 2 aromatic heterocycles. The van der Waals surface area contributed by atoms with Gasteiger partial charge >= 0.3 is 0 Å². The number of benzene rings is 2. The molecule has 0 unspecified atom stereocenters. The number of ether oxygens (including phenoxy) is 3. The van der Waals surface area contributed by atoms with Crippen molar-refractivity contribution in [3.63, 3.8) is 0 Å². The zero-order chi connectivity index (χ0) is 21.8. The summed E-state index contributed by atoms with van der Waals surface area (Å²) in [5.74, 6) is 2.85. The third kappa shape index (κ3) is 4.28. The van der Waals surface area contributed by atoms with E-state index in [0.29, 0.717) is 33.9 Å². The molecular formula is C22H23N5O3S. The van der Waals surface area contributed by atoms with Gasteiger partial charge in [0.25, 0.3) is 5.78 Å². The summed E-state index contributed by atoms with van der Waals surface area (Å²) in [5, 5.41) is 5.18. The molecule has 9 heteroatoms. The van der Waals surface area contributed by atoms with Crippen molar-refractivity contribution in [2.75, 3.05) is 27.1 Å². The van der Waals surface area contributed by atoms with E-state index in [1.54, 1.807) is 25.8 Å². The van der Waals surface area contributed by atoms with E-state index in [0.717, 1.165) is 16.9 Å². The molecule has 2 heterocycles. The molecule has 0 bridgehead atoms. The van der Waals surface area contributed by atoms with Gasteiger partial charge in [-0.05, 0) is 23.3 Å². The van der Waals surface area contributed by atoms with Gasteiger partial charge < -0.3 is 19.9 Å². The molecule has 2 N–H and O–H groups in total. The second-order valence-corrected chi connectivity index (χ2v) is 7.64. The molecule has 0 atom stereocenters. The highest BCUT2D eigenvalue weighted by Crippen LogP contribution is 2.36. The van der Waals surface area contributed by atoms with Crippen molar-refractivity contribution < 1.29 is 14.2 Å². The lowest BCUT2D eigenvalue weighted by Crippen LogP contribution is -2.08. The maximum absolute atomic E-state index is 6.55. The van der Waals surface area contributed by atoms with Crippen molar-refractivity contribution in [2.24, 2.45) is 0 Å². The molecule has 0 aliphatic heterocycles. The fourth-order valence-electron chi connectivity index (χ4n) is 3.28. The average molecular weight is 438 g/mol. The number of aromatic nitrogens is 4. The van der Waals surface area contributed by atoms with Crippen LogP contribution in [0.25, 0.3) is 16.9 Å². The van der Waals surface area contributed by atoms with Gasteiger partial charge in [0.2, 0.25) is 5.16 Å². The van der Waals surface area contributed by atoms with Gasteiger partial charge in [-0.1, -0.05) is 48.2 Å². The number of rotatable bonds is 8. The van der Waals surface area contributed by atoms with Crippen molar-refractivity contribution in [3.8, 4) is 22.6 Å². The number of thioether (sulfide) groups is 1. The lowest BCUT2D eigenvalue weighted by atomic mass is 10.0. The first-order valence-corrected chi connectivity index (χ1v) is 10.6. The van der Waals surface area contributed by atoms with Crippen LogP contribution < -0.4 is 15.2 Å². The first-order chi connectivity index (χ1) is 15.1. The van der Waals surface area contributed by atoms with Crippen molar-refractivity contribution in [1.29, 1.82) is 0 Å². The summed E-state index contributed by atoms with van der Waals surface area (Å²) in [4.78, 5) is 9.23. The Hall–Kier alpha value is -3.30. The minimum Gasteiger partial charge on any atom is -0.493 e. The summed E-state index contributed by atoms with van der Waals surface area (Å²) in [6.45, 7) is 0.281. The van der Waals surface area contributed by atoms with Gasteiger partial charge in [-0.25, -0.2) is 4.98 Å². The first kappa shape index (κ1) is 21.0. The number of hydrogen-bond acceptors (Lipinski definition) is 8. The topological polar surface area (TPSA) is 96.8 Å². The predicted molar refractivity (Wildman–Crippen MR) is 120 cm³/mol. The summed E-state index contributed by atoms with van der Waals surface area (Å²) < 4.78 is 17.7. The molecule has 0 fully saturated rings. The number of anilines is 1. The third-order valence-electron chi connectivity index (χ3n) is 4.74. The molecule has 4 rings (SSSR count). The number of nitrogen functional groups attached to an aromatic ring is 1. The standard InChI is InChI=1S/C22H23N5O3S/c1-28-12-16-19(15-9-10-17(29-2)18(11-15)30-3)20(23)27-21(24-16)25-22(26-27)31-13-14-7-5-4-6-8-14/h4-11H,12-13,23H2,1-3H3. The summed E-state index contributed by atoms with van der Waals surface area (Å²) in [7, 11) is 4.81. The van der Waals surface area contributed by atoms with Crippen LogP contribution in [-0.2, 0) is 17.1 Å². The SMILES string of the molecule is COCc1nc2nc(SCc3ccccc3)nn2c(N)c1-c1ccc(OC)c(OC)c1. The van der Waals surface area contributed by atoms with Crippen LogP contribution >= 0.6 is 11.8 Å². The Kier molecular flexibility index (Phi) is 6.24. The smallest absolute Gasteiger partial charge is 0.255 e. The van der Waals surface area contributed by atoms with E-state index in [2.05, 4.69) is 27.2 Å². The number of nitrogens with zero attached hydrogens (tertiary/aromatic N) is 4. The molecule has 0 spiro atoms. The molecule has 0 radical (unpaired) electrons.